The summed E-state index contributed by atoms with van der Waals surface area (Å²) in [5, 5.41) is 3.48. The van der Waals surface area contributed by atoms with Crippen molar-refractivity contribution in [2.75, 3.05) is 6.54 Å². The molecule has 1 saturated carbocycles. The molecule has 1 nitrogen and oxygen atoms in total. The highest BCUT2D eigenvalue weighted by Gasteiger charge is 2.43. The summed E-state index contributed by atoms with van der Waals surface area (Å²) in [4.78, 5) is 0. The van der Waals surface area contributed by atoms with E-state index >= 15 is 0 Å². The Morgan fingerprint density at radius 3 is 2.47 bits per heavy atom. The third kappa shape index (κ3) is 5.72. The molecule has 0 amide bonds. The summed E-state index contributed by atoms with van der Waals surface area (Å²) in [5.41, 5.74) is 0. The van der Waals surface area contributed by atoms with Gasteiger partial charge in [-0.3, -0.25) is 0 Å². The number of unbranched alkanes of at least 4 members (excludes halogenated alkanes) is 1. The molecule has 1 rings (SSSR count). The van der Waals surface area contributed by atoms with E-state index in [0.717, 1.165) is 45.1 Å². The van der Waals surface area contributed by atoms with Crippen molar-refractivity contribution in [3.05, 3.63) is 0 Å². The van der Waals surface area contributed by atoms with Crippen LogP contribution in [-0.2, 0) is 0 Å². The lowest BCUT2D eigenvalue weighted by atomic mass is 9.76. The fourth-order valence-electron chi connectivity index (χ4n) is 3.15. The summed E-state index contributed by atoms with van der Waals surface area (Å²) in [6, 6.07) is 0.282. The average Bonchev–Trinajstić information content (AvgIpc) is 2.38. The third-order valence-corrected chi connectivity index (χ3v) is 4.27. The number of nitrogens with one attached hydrogen (secondary N) is 1. The zero-order valence-corrected chi connectivity index (χ0v) is 12.2. The summed E-state index contributed by atoms with van der Waals surface area (Å²) >= 11 is 0. The van der Waals surface area contributed by atoms with Gasteiger partial charge in [-0.1, -0.05) is 33.1 Å². The number of hydrogen-bond acceptors (Lipinski definition) is 1. The SMILES string of the molecule is CCCCC(NCCC)C1CCCC(C(F)(F)F)C1. The van der Waals surface area contributed by atoms with Crippen molar-refractivity contribution in [2.45, 2.75) is 77.4 Å². The predicted octanol–water partition coefficient (Wildman–Crippen LogP) is 4.91. The summed E-state index contributed by atoms with van der Waals surface area (Å²) < 4.78 is 38.6. The second kappa shape index (κ2) is 8.13. The topological polar surface area (TPSA) is 12.0 Å². The monoisotopic (exact) mass is 279 g/mol. The van der Waals surface area contributed by atoms with Gasteiger partial charge in [-0.05, 0) is 44.6 Å². The minimum absolute atomic E-state index is 0.207. The smallest absolute Gasteiger partial charge is 0.314 e. The molecule has 0 spiro atoms. The first-order chi connectivity index (χ1) is 8.99. The van der Waals surface area contributed by atoms with E-state index in [9.17, 15) is 13.2 Å². The van der Waals surface area contributed by atoms with Crippen LogP contribution in [0.3, 0.4) is 0 Å². The van der Waals surface area contributed by atoms with Crippen molar-refractivity contribution in [1.82, 2.24) is 5.32 Å². The van der Waals surface area contributed by atoms with E-state index in [-0.39, 0.29) is 12.0 Å². The molecule has 1 N–H and O–H groups in total. The van der Waals surface area contributed by atoms with Gasteiger partial charge in [0.1, 0.15) is 0 Å². The molecule has 1 aliphatic rings. The van der Waals surface area contributed by atoms with E-state index in [1.807, 2.05) is 0 Å². The van der Waals surface area contributed by atoms with E-state index in [0.29, 0.717) is 12.8 Å². The Morgan fingerprint density at radius 2 is 1.89 bits per heavy atom. The van der Waals surface area contributed by atoms with Gasteiger partial charge in [-0.2, -0.15) is 13.2 Å². The Hall–Kier alpha value is -0.250. The summed E-state index contributed by atoms with van der Waals surface area (Å²) in [6.07, 6.45) is 2.61. The Bertz CT molecular complexity index is 232. The van der Waals surface area contributed by atoms with Crippen molar-refractivity contribution < 1.29 is 13.2 Å². The van der Waals surface area contributed by atoms with Crippen LogP contribution >= 0.6 is 0 Å². The maximum atomic E-state index is 12.9. The second-order valence-corrected chi connectivity index (χ2v) is 5.87. The normalized spacial score (nSPS) is 26.4. The Balaban J connectivity index is 2.56. The largest absolute Gasteiger partial charge is 0.391 e. The lowest BCUT2D eigenvalue weighted by Gasteiger charge is -2.36. The van der Waals surface area contributed by atoms with E-state index in [4.69, 9.17) is 0 Å². The van der Waals surface area contributed by atoms with Crippen LogP contribution in [0.1, 0.15) is 65.2 Å². The summed E-state index contributed by atoms with van der Waals surface area (Å²) in [6.45, 7) is 5.15. The third-order valence-electron chi connectivity index (χ3n) is 4.27. The van der Waals surface area contributed by atoms with Crippen LogP contribution in [-0.4, -0.2) is 18.8 Å². The van der Waals surface area contributed by atoms with Crippen LogP contribution in [0.15, 0.2) is 0 Å². The Kier molecular flexibility index (Phi) is 7.19. The van der Waals surface area contributed by atoms with Gasteiger partial charge >= 0.3 is 6.18 Å². The molecule has 0 aliphatic heterocycles. The average molecular weight is 279 g/mol. The van der Waals surface area contributed by atoms with Crippen LogP contribution in [0.4, 0.5) is 13.2 Å². The minimum atomic E-state index is -4.00. The number of halogens is 3. The second-order valence-electron chi connectivity index (χ2n) is 5.87. The molecule has 0 bridgehead atoms. The molecule has 114 valence electrons. The molecule has 0 aromatic heterocycles. The number of hydrogen-bond donors (Lipinski definition) is 1. The standard InChI is InChI=1S/C15H28F3N/c1-3-5-9-14(19-10-4-2)12-7-6-8-13(11-12)15(16,17)18/h12-14,19H,3-11H2,1-2H3. The van der Waals surface area contributed by atoms with Gasteiger partial charge in [0, 0.05) is 6.04 Å². The quantitative estimate of drug-likeness (QED) is 0.698. The highest BCUT2D eigenvalue weighted by molar-refractivity contribution is 4.85. The van der Waals surface area contributed by atoms with Gasteiger partial charge < -0.3 is 5.32 Å². The zero-order chi connectivity index (χ0) is 14.3. The van der Waals surface area contributed by atoms with Crippen LogP contribution in [0, 0.1) is 11.8 Å². The predicted molar refractivity (Wildman–Crippen MR) is 73.1 cm³/mol. The summed E-state index contributed by atoms with van der Waals surface area (Å²) in [5.74, 6) is -0.864. The van der Waals surface area contributed by atoms with E-state index in [1.54, 1.807) is 0 Å². The highest BCUT2D eigenvalue weighted by Crippen LogP contribution is 2.41. The molecule has 3 unspecified atom stereocenters. The fraction of sp³-hybridized carbons (Fsp3) is 1.00. The zero-order valence-electron chi connectivity index (χ0n) is 12.2. The molecule has 1 fully saturated rings. The maximum absolute atomic E-state index is 12.9. The first-order valence-electron chi connectivity index (χ1n) is 7.79. The van der Waals surface area contributed by atoms with E-state index in [2.05, 4.69) is 19.2 Å². The molecule has 0 aromatic carbocycles. The van der Waals surface area contributed by atoms with Crippen molar-refractivity contribution in [3.63, 3.8) is 0 Å². The van der Waals surface area contributed by atoms with Crippen LogP contribution < -0.4 is 5.32 Å². The molecule has 4 heteroatoms. The molecule has 3 atom stereocenters. The lowest BCUT2D eigenvalue weighted by molar-refractivity contribution is -0.186. The van der Waals surface area contributed by atoms with Crippen LogP contribution in [0.2, 0.25) is 0 Å². The van der Waals surface area contributed by atoms with Crippen LogP contribution in [0.25, 0.3) is 0 Å². The molecule has 1 aliphatic carbocycles. The Labute approximate surface area is 115 Å². The van der Waals surface area contributed by atoms with Crippen molar-refractivity contribution >= 4 is 0 Å². The molecule has 0 aromatic rings. The molecular weight excluding hydrogens is 251 g/mol. The van der Waals surface area contributed by atoms with Gasteiger partial charge in [-0.25, -0.2) is 0 Å². The summed E-state index contributed by atoms with van der Waals surface area (Å²) in [7, 11) is 0. The van der Waals surface area contributed by atoms with Gasteiger partial charge in [0.15, 0.2) is 0 Å². The Morgan fingerprint density at radius 1 is 1.16 bits per heavy atom. The van der Waals surface area contributed by atoms with Crippen LogP contribution in [0.5, 0.6) is 0 Å². The van der Waals surface area contributed by atoms with Gasteiger partial charge in [-0.15, -0.1) is 0 Å². The van der Waals surface area contributed by atoms with E-state index in [1.165, 1.54) is 0 Å². The van der Waals surface area contributed by atoms with Gasteiger partial charge in [0.05, 0.1) is 5.92 Å². The molecule has 0 heterocycles. The molecule has 19 heavy (non-hydrogen) atoms. The molecule has 0 radical (unpaired) electrons. The minimum Gasteiger partial charge on any atom is -0.314 e. The first-order valence-corrected chi connectivity index (χ1v) is 7.79. The lowest BCUT2D eigenvalue weighted by Crippen LogP contribution is -2.41. The number of rotatable bonds is 7. The maximum Gasteiger partial charge on any atom is 0.391 e. The fourth-order valence-corrected chi connectivity index (χ4v) is 3.15. The molecular formula is C15H28F3N. The van der Waals surface area contributed by atoms with Gasteiger partial charge in [0.25, 0.3) is 0 Å². The first kappa shape index (κ1) is 16.8. The number of alkyl halides is 3. The van der Waals surface area contributed by atoms with E-state index < -0.39 is 12.1 Å². The van der Waals surface area contributed by atoms with Crippen molar-refractivity contribution in [3.8, 4) is 0 Å². The van der Waals surface area contributed by atoms with Crippen molar-refractivity contribution in [1.29, 1.82) is 0 Å². The molecule has 0 saturated heterocycles. The van der Waals surface area contributed by atoms with Gasteiger partial charge in [0.2, 0.25) is 0 Å². The van der Waals surface area contributed by atoms with Crippen molar-refractivity contribution in [2.24, 2.45) is 11.8 Å². The highest BCUT2D eigenvalue weighted by atomic mass is 19.4.